The smallest absolute Gasteiger partial charge is 0.227 e. The van der Waals surface area contributed by atoms with Crippen LogP contribution in [-0.4, -0.2) is 56.0 Å². The first-order valence-electron chi connectivity index (χ1n) is 9.98. The van der Waals surface area contributed by atoms with E-state index in [0.717, 1.165) is 32.1 Å². The fraction of sp³-hybridized carbons (Fsp3) is 0.619. The maximum Gasteiger partial charge on any atom is 0.227 e. The first-order valence-corrected chi connectivity index (χ1v) is 9.98. The van der Waals surface area contributed by atoms with Crippen molar-refractivity contribution in [2.24, 2.45) is 10.4 Å². The van der Waals surface area contributed by atoms with E-state index in [1.54, 1.807) is 7.05 Å². The van der Waals surface area contributed by atoms with E-state index in [-0.39, 0.29) is 29.9 Å². The van der Waals surface area contributed by atoms with Crippen LogP contribution < -0.4 is 16.0 Å². The summed E-state index contributed by atoms with van der Waals surface area (Å²) in [5, 5.41) is 9.47. The van der Waals surface area contributed by atoms with Crippen molar-refractivity contribution < 1.29 is 4.79 Å². The first-order chi connectivity index (χ1) is 13.0. The lowest BCUT2D eigenvalue weighted by Crippen LogP contribution is -2.45. The molecule has 7 heteroatoms. The highest BCUT2D eigenvalue weighted by molar-refractivity contribution is 14.0. The summed E-state index contributed by atoms with van der Waals surface area (Å²) in [7, 11) is 1.67. The molecule has 1 fully saturated rings. The second kappa shape index (κ2) is 12.3. The fourth-order valence-corrected chi connectivity index (χ4v) is 3.40. The van der Waals surface area contributed by atoms with Gasteiger partial charge in [0.25, 0.3) is 0 Å². The van der Waals surface area contributed by atoms with Crippen molar-refractivity contribution in [3.8, 4) is 0 Å². The molecule has 3 N–H and O–H groups in total. The van der Waals surface area contributed by atoms with Crippen LogP contribution in [0.25, 0.3) is 0 Å². The number of hydrogen-bond donors (Lipinski definition) is 3. The molecule has 0 aromatic heterocycles. The minimum absolute atomic E-state index is 0. The number of aliphatic imine (C=N–C) groups is 1. The van der Waals surface area contributed by atoms with E-state index >= 15 is 0 Å². The quantitative estimate of drug-likeness (QED) is 0.291. The van der Waals surface area contributed by atoms with Gasteiger partial charge in [-0.05, 0) is 45.7 Å². The van der Waals surface area contributed by atoms with E-state index in [1.807, 2.05) is 13.8 Å². The van der Waals surface area contributed by atoms with Crippen molar-refractivity contribution in [2.45, 2.75) is 46.2 Å². The Labute approximate surface area is 187 Å². The lowest BCUT2D eigenvalue weighted by molar-refractivity contribution is -0.128. The number of halogens is 1. The standard InChI is InChI=1S/C21H35N5O.HI/c1-5-23-20(25-16-21(2,3)19(27)22-4)24-14-18-12-9-13-26(18)15-17-10-7-6-8-11-17;/h6-8,10-11,18H,5,9,12-16H2,1-4H3,(H,22,27)(H2,23,24,25);1H. The normalized spacial score (nSPS) is 17.7. The second-order valence-electron chi connectivity index (χ2n) is 7.79. The summed E-state index contributed by atoms with van der Waals surface area (Å²) in [4.78, 5) is 19.1. The van der Waals surface area contributed by atoms with Gasteiger partial charge in [0.2, 0.25) is 5.91 Å². The van der Waals surface area contributed by atoms with E-state index < -0.39 is 5.41 Å². The van der Waals surface area contributed by atoms with Gasteiger partial charge < -0.3 is 16.0 Å². The molecule has 1 aliphatic heterocycles. The number of likely N-dealkylation sites (tertiary alicyclic amines) is 1. The topological polar surface area (TPSA) is 68.8 Å². The van der Waals surface area contributed by atoms with E-state index in [4.69, 9.17) is 0 Å². The molecular formula is C21H36IN5O. The largest absolute Gasteiger partial charge is 0.359 e. The lowest BCUT2D eigenvalue weighted by Gasteiger charge is -2.26. The zero-order valence-electron chi connectivity index (χ0n) is 17.6. The number of nitrogens with one attached hydrogen (secondary N) is 3. The van der Waals surface area contributed by atoms with Crippen LogP contribution in [0.5, 0.6) is 0 Å². The molecule has 0 aliphatic carbocycles. The predicted octanol–water partition coefficient (Wildman–Crippen LogP) is 2.60. The minimum atomic E-state index is -0.524. The van der Waals surface area contributed by atoms with Gasteiger partial charge in [0, 0.05) is 32.7 Å². The molecule has 1 amide bonds. The number of benzene rings is 1. The number of carbonyl (C=O) groups is 1. The first kappa shape index (κ1) is 24.7. The molecule has 2 rings (SSSR count). The van der Waals surface area contributed by atoms with Gasteiger partial charge in [0.1, 0.15) is 0 Å². The number of amides is 1. The Balaban J connectivity index is 0.00000392. The van der Waals surface area contributed by atoms with Crippen molar-refractivity contribution in [1.29, 1.82) is 0 Å². The van der Waals surface area contributed by atoms with Gasteiger partial charge in [-0.15, -0.1) is 24.0 Å². The highest BCUT2D eigenvalue weighted by Crippen LogP contribution is 2.19. The molecule has 0 saturated carbocycles. The highest BCUT2D eigenvalue weighted by atomic mass is 127. The Morgan fingerprint density at radius 2 is 1.96 bits per heavy atom. The number of nitrogens with zero attached hydrogens (tertiary/aromatic N) is 2. The maximum absolute atomic E-state index is 12.0. The van der Waals surface area contributed by atoms with Crippen molar-refractivity contribution in [3.05, 3.63) is 35.9 Å². The van der Waals surface area contributed by atoms with Gasteiger partial charge in [-0.1, -0.05) is 30.3 Å². The molecule has 1 aliphatic rings. The molecule has 1 atom stereocenters. The summed E-state index contributed by atoms with van der Waals surface area (Å²) in [6.45, 7) is 10.1. The summed E-state index contributed by atoms with van der Waals surface area (Å²) < 4.78 is 0. The summed E-state index contributed by atoms with van der Waals surface area (Å²) in [5.74, 6) is 0.785. The van der Waals surface area contributed by atoms with Gasteiger partial charge >= 0.3 is 0 Å². The number of rotatable bonds is 8. The third-order valence-corrected chi connectivity index (χ3v) is 5.05. The molecule has 0 radical (unpaired) electrons. The van der Waals surface area contributed by atoms with E-state index in [0.29, 0.717) is 12.6 Å². The van der Waals surface area contributed by atoms with Crippen LogP contribution in [0, 0.1) is 5.41 Å². The summed E-state index contributed by atoms with van der Waals surface area (Å²) in [5.41, 5.74) is 0.835. The van der Waals surface area contributed by atoms with Crippen LogP contribution in [0.4, 0.5) is 0 Å². The molecular weight excluding hydrogens is 465 g/mol. The monoisotopic (exact) mass is 501 g/mol. The molecule has 1 heterocycles. The zero-order chi connectivity index (χ0) is 19.7. The molecule has 1 unspecified atom stereocenters. The van der Waals surface area contributed by atoms with Gasteiger partial charge in [0.15, 0.2) is 5.96 Å². The van der Waals surface area contributed by atoms with Crippen LogP contribution in [-0.2, 0) is 11.3 Å². The Bertz CT molecular complexity index is 620. The van der Waals surface area contributed by atoms with Gasteiger partial charge in [-0.25, -0.2) is 0 Å². The average molecular weight is 501 g/mol. The Morgan fingerprint density at radius 3 is 2.61 bits per heavy atom. The molecule has 28 heavy (non-hydrogen) atoms. The van der Waals surface area contributed by atoms with Crippen molar-refractivity contribution in [2.75, 3.05) is 33.2 Å². The van der Waals surface area contributed by atoms with E-state index in [2.05, 4.69) is 63.1 Å². The molecule has 1 aromatic rings. The Hall–Kier alpha value is -1.35. The third-order valence-electron chi connectivity index (χ3n) is 5.05. The molecule has 6 nitrogen and oxygen atoms in total. The molecule has 0 bridgehead atoms. The summed E-state index contributed by atoms with van der Waals surface area (Å²) >= 11 is 0. The van der Waals surface area contributed by atoms with Crippen molar-refractivity contribution in [3.63, 3.8) is 0 Å². The second-order valence-corrected chi connectivity index (χ2v) is 7.79. The van der Waals surface area contributed by atoms with E-state index in [1.165, 1.54) is 18.4 Å². The minimum Gasteiger partial charge on any atom is -0.359 e. The number of carbonyl (C=O) groups excluding carboxylic acids is 1. The van der Waals surface area contributed by atoms with Crippen LogP contribution in [0.2, 0.25) is 0 Å². The molecule has 1 saturated heterocycles. The Kier molecular flexibility index (Phi) is 10.8. The maximum atomic E-state index is 12.0. The predicted molar refractivity (Wildman–Crippen MR) is 127 cm³/mol. The Morgan fingerprint density at radius 1 is 1.25 bits per heavy atom. The zero-order valence-corrected chi connectivity index (χ0v) is 20.0. The highest BCUT2D eigenvalue weighted by Gasteiger charge is 2.27. The SMILES string of the molecule is CCNC(=NCC(C)(C)C(=O)NC)NCC1CCCN1Cc1ccccc1.I. The van der Waals surface area contributed by atoms with Crippen LogP contribution in [0.15, 0.2) is 35.3 Å². The molecule has 1 aromatic carbocycles. The van der Waals surface area contributed by atoms with Gasteiger partial charge in [0.05, 0.1) is 12.0 Å². The van der Waals surface area contributed by atoms with Gasteiger partial charge in [-0.3, -0.25) is 14.7 Å². The average Bonchev–Trinajstić information content (AvgIpc) is 3.11. The van der Waals surface area contributed by atoms with Gasteiger partial charge in [-0.2, -0.15) is 0 Å². The summed E-state index contributed by atoms with van der Waals surface area (Å²) in [6.07, 6.45) is 2.43. The van der Waals surface area contributed by atoms with Crippen LogP contribution >= 0.6 is 24.0 Å². The molecule has 158 valence electrons. The van der Waals surface area contributed by atoms with Crippen molar-refractivity contribution in [1.82, 2.24) is 20.9 Å². The number of hydrogen-bond acceptors (Lipinski definition) is 3. The summed E-state index contributed by atoms with van der Waals surface area (Å²) in [6, 6.07) is 11.1. The van der Waals surface area contributed by atoms with Crippen molar-refractivity contribution >= 4 is 35.8 Å². The fourth-order valence-electron chi connectivity index (χ4n) is 3.40. The lowest BCUT2D eigenvalue weighted by atomic mass is 9.93. The number of guanidine groups is 1. The van der Waals surface area contributed by atoms with Crippen LogP contribution in [0.3, 0.4) is 0 Å². The van der Waals surface area contributed by atoms with E-state index in [9.17, 15) is 4.79 Å². The third kappa shape index (κ3) is 7.58. The molecule has 0 spiro atoms. The van der Waals surface area contributed by atoms with Crippen LogP contribution in [0.1, 0.15) is 39.2 Å².